The maximum absolute atomic E-state index is 12.7. The van der Waals surface area contributed by atoms with E-state index in [0.717, 1.165) is 58.4 Å². The number of hydrogen-bond donors (Lipinski definition) is 2. The van der Waals surface area contributed by atoms with Crippen molar-refractivity contribution in [3.63, 3.8) is 0 Å². The zero-order chi connectivity index (χ0) is 19.8. The van der Waals surface area contributed by atoms with Crippen LogP contribution < -0.4 is 9.80 Å². The zero-order valence-corrected chi connectivity index (χ0v) is 17.0. The Balaban J connectivity index is 1.19. The van der Waals surface area contributed by atoms with E-state index in [1.807, 2.05) is 0 Å². The first-order valence-electron chi connectivity index (χ1n) is 11.2. The fourth-order valence-electron chi connectivity index (χ4n) is 5.62. The lowest BCUT2D eigenvalue weighted by Gasteiger charge is -2.31. The molecule has 29 heavy (non-hydrogen) atoms. The molecule has 2 N–H and O–H groups in total. The maximum Gasteiger partial charge on any atom is 0.237 e. The van der Waals surface area contributed by atoms with Gasteiger partial charge in [0, 0.05) is 5.56 Å². The highest BCUT2D eigenvalue weighted by molar-refractivity contribution is 6.05. The van der Waals surface area contributed by atoms with Gasteiger partial charge in [-0.2, -0.15) is 0 Å². The number of piperazine rings is 1. The monoisotopic (exact) mass is 393 g/mol. The third kappa shape index (κ3) is 3.58. The van der Waals surface area contributed by atoms with Crippen molar-refractivity contribution in [1.29, 1.82) is 0 Å². The van der Waals surface area contributed by atoms with E-state index in [2.05, 4.69) is 42.5 Å². The predicted molar refractivity (Wildman–Crippen MR) is 111 cm³/mol. The first-order valence-corrected chi connectivity index (χ1v) is 11.2. The Bertz CT molecular complexity index is 890. The van der Waals surface area contributed by atoms with Crippen molar-refractivity contribution in [2.24, 2.45) is 11.8 Å². The molecule has 1 saturated carbocycles. The highest BCUT2D eigenvalue weighted by Crippen LogP contribution is 2.37. The molecule has 3 fully saturated rings. The van der Waals surface area contributed by atoms with E-state index in [4.69, 9.17) is 0 Å². The van der Waals surface area contributed by atoms with Gasteiger partial charge in [-0.1, -0.05) is 55.3 Å². The van der Waals surface area contributed by atoms with Crippen LogP contribution in [0.4, 0.5) is 0 Å². The van der Waals surface area contributed by atoms with Gasteiger partial charge in [0.05, 0.1) is 11.8 Å². The summed E-state index contributed by atoms with van der Waals surface area (Å²) in [6.45, 7) is 5.83. The molecule has 0 radical (unpaired) electrons. The first kappa shape index (κ1) is 18.8. The van der Waals surface area contributed by atoms with Crippen LogP contribution in [0, 0.1) is 11.8 Å². The molecule has 5 heteroatoms. The van der Waals surface area contributed by atoms with E-state index in [1.54, 1.807) is 9.80 Å². The number of nitrogens with zero attached hydrogens (tertiary/aromatic N) is 1. The quantitative estimate of drug-likeness (QED) is 0.732. The van der Waals surface area contributed by atoms with E-state index in [-0.39, 0.29) is 23.7 Å². The molecule has 5 nitrogen and oxygen atoms in total. The number of amides is 2. The third-order valence-corrected chi connectivity index (χ3v) is 7.30. The minimum atomic E-state index is -0.0195. The molecule has 2 atom stereocenters. The molecule has 0 bridgehead atoms. The number of hydrogen-bond acceptors (Lipinski definition) is 2. The van der Waals surface area contributed by atoms with Crippen molar-refractivity contribution in [3.05, 3.63) is 48.0 Å². The molecule has 2 aliphatic heterocycles. The Kier molecular flexibility index (Phi) is 5.10. The lowest BCUT2D eigenvalue weighted by atomic mass is 9.81. The topological polar surface area (TPSA) is 46.3 Å². The second-order valence-electron chi connectivity index (χ2n) is 9.08. The van der Waals surface area contributed by atoms with Gasteiger partial charge in [0.25, 0.3) is 0 Å². The number of imide groups is 1. The van der Waals surface area contributed by atoms with E-state index >= 15 is 0 Å². The minimum absolute atomic E-state index is 0.0195. The van der Waals surface area contributed by atoms with Crippen molar-refractivity contribution >= 4 is 22.6 Å². The summed E-state index contributed by atoms with van der Waals surface area (Å²) in [6.07, 6.45) is 4.00. The number of quaternary nitrogens is 2. The molecule has 0 spiro atoms. The van der Waals surface area contributed by atoms with Gasteiger partial charge in [-0.15, -0.1) is 0 Å². The summed E-state index contributed by atoms with van der Waals surface area (Å²) >= 11 is 0. The Morgan fingerprint density at radius 1 is 0.793 bits per heavy atom. The Morgan fingerprint density at radius 3 is 2.14 bits per heavy atom. The summed E-state index contributed by atoms with van der Waals surface area (Å²) in [5.41, 5.74) is 1.41. The summed E-state index contributed by atoms with van der Waals surface area (Å²) in [5, 5.41) is 2.66. The summed E-state index contributed by atoms with van der Waals surface area (Å²) in [4.78, 5) is 30.1. The fraction of sp³-hybridized carbons (Fsp3) is 0.500. The van der Waals surface area contributed by atoms with E-state index in [1.165, 1.54) is 21.2 Å². The predicted octanol–water partition coefficient (Wildman–Crippen LogP) is 0.256. The number of carbonyl (C=O) groups excluding carboxylic acids is 2. The second-order valence-corrected chi connectivity index (χ2v) is 9.08. The summed E-state index contributed by atoms with van der Waals surface area (Å²) in [6, 6.07) is 15.2. The number of rotatable bonds is 4. The van der Waals surface area contributed by atoms with Gasteiger partial charge in [-0.05, 0) is 23.6 Å². The number of carbonyl (C=O) groups is 2. The Labute approximate surface area is 172 Å². The number of fused-ring (bicyclic) bond motifs is 2. The van der Waals surface area contributed by atoms with Gasteiger partial charge in [0.2, 0.25) is 11.8 Å². The van der Waals surface area contributed by atoms with Crippen LogP contribution in [-0.4, -0.2) is 49.6 Å². The van der Waals surface area contributed by atoms with Crippen molar-refractivity contribution in [3.8, 4) is 0 Å². The molecule has 2 aromatic rings. The highest BCUT2D eigenvalue weighted by atomic mass is 16.2. The van der Waals surface area contributed by atoms with Crippen molar-refractivity contribution < 1.29 is 19.4 Å². The number of benzene rings is 2. The van der Waals surface area contributed by atoms with E-state index < -0.39 is 0 Å². The molecule has 2 amide bonds. The van der Waals surface area contributed by atoms with Gasteiger partial charge >= 0.3 is 0 Å². The Hall–Kier alpha value is -2.24. The van der Waals surface area contributed by atoms with Crippen LogP contribution >= 0.6 is 0 Å². The summed E-state index contributed by atoms with van der Waals surface area (Å²) < 4.78 is 0. The van der Waals surface area contributed by atoms with Crippen LogP contribution in [0.5, 0.6) is 0 Å². The van der Waals surface area contributed by atoms with Crippen LogP contribution in [0.1, 0.15) is 31.2 Å². The average molecular weight is 394 g/mol. The molecule has 152 valence electrons. The van der Waals surface area contributed by atoms with Crippen LogP contribution in [0.25, 0.3) is 10.8 Å². The summed E-state index contributed by atoms with van der Waals surface area (Å²) in [7, 11) is 0. The SMILES string of the molecule is O=C1[C@H]2CCCC[C@@H]2C(=O)N1C[NH+]1CC[NH+](Cc2cccc3ccccc23)CC1. The normalized spacial score (nSPS) is 30.0. The van der Waals surface area contributed by atoms with Crippen molar-refractivity contribution in [1.82, 2.24) is 4.90 Å². The summed E-state index contributed by atoms with van der Waals surface area (Å²) in [5.74, 6) is 0.179. The minimum Gasteiger partial charge on any atom is -0.322 e. The van der Waals surface area contributed by atoms with Gasteiger partial charge in [-0.3, -0.25) is 9.59 Å². The van der Waals surface area contributed by atoms with E-state index in [0.29, 0.717) is 6.67 Å². The zero-order valence-electron chi connectivity index (χ0n) is 17.0. The maximum atomic E-state index is 12.7. The van der Waals surface area contributed by atoms with Crippen molar-refractivity contribution in [2.45, 2.75) is 32.2 Å². The molecule has 0 aromatic heterocycles. The number of likely N-dealkylation sites (tertiary alicyclic amines) is 1. The Morgan fingerprint density at radius 2 is 1.41 bits per heavy atom. The lowest BCUT2D eigenvalue weighted by molar-refractivity contribution is -1.02. The standard InChI is InChI=1S/C24H29N3O2/c28-23-21-10-3-4-11-22(21)24(29)27(23)17-26-14-12-25(13-15-26)16-19-8-5-7-18-6-1-2-9-20(18)19/h1-2,5-9,21-22H,3-4,10-17H2/p+2/t21-,22-/m0/s1. The van der Waals surface area contributed by atoms with Crippen molar-refractivity contribution in [2.75, 3.05) is 32.8 Å². The third-order valence-electron chi connectivity index (χ3n) is 7.30. The molecule has 2 saturated heterocycles. The van der Waals surface area contributed by atoms with Crippen LogP contribution in [0.15, 0.2) is 42.5 Å². The molecule has 2 heterocycles. The van der Waals surface area contributed by atoms with Gasteiger partial charge in [0.1, 0.15) is 32.7 Å². The molecule has 2 aromatic carbocycles. The smallest absolute Gasteiger partial charge is 0.237 e. The first-order chi connectivity index (χ1) is 14.2. The molecule has 5 rings (SSSR count). The molecular weight excluding hydrogens is 362 g/mol. The van der Waals surface area contributed by atoms with E-state index in [9.17, 15) is 9.59 Å². The molecular formula is C24H31N3O2+2. The fourth-order valence-corrected chi connectivity index (χ4v) is 5.62. The molecule has 1 aliphatic carbocycles. The van der Waals surface area contributed by atoms with Crippen LogP contribution in [0.2, 0.25) is 0 Å². The largest absolute Gasteiger partial charge is 0.322 e. The number of nitrogens with one attached hydrogen (secondary N) is 2. The molecule has 3 aliphatic rings. The van der Waals surface area contributed by atoms with Gasteiger partial charge < -0.3 is 9.80 Å². The van der Waals surface area contributed by atoms with Crippen LogP contribution in [-0.2, 0) is 16.1 Å². The molecule has 0 unspecified atom stereocenters. The lowest BCUT2D eigenvalue weighted by Crippen LogP contribution is -3.28. The van der Waals surface area contributed by atoms with Gasteiger partial charge in [0.15, 0.2) is 6.67 Å². The second kappa shape index (κ2) is 7.88. The van der Waals surface area contributed by atoms with Crippen LogP contribution in [0.3, 0.4) is 0 Å². The average Bonchev–Trinajstić information content (AvgIpc) is 3.00. The highest BCUT2D eigenvalue weighted by Gasteiger charge is 2.49. The van der Waals surface area contributed by atoms with Gasteiger partial charge in [-0.25, -0.2) is 4.90 Å².